The molecule has 1 aromatic heterocycles. The van der Waals surface area contributed by atoms with Crippen LogP contribution in [0.3, 0.4) is 0 Å². The summed E-state index contributed by atoms with van der Waals surface area (Å²) in [5, 5.41) is 2.35. The quantitative estimate of drug-likeness (QED) is 0.508. The minimum atomic E-state index is 0.870. The van der Waals surface area contributed by atoms with E-state index in [9.17, 15) is 0 Å². The smallest absolute Gasteiger partial charge is 0.119 e. The number of rotatable bonds is 2. The van der Waals surface area contributed by atoms with Crippen molar-refractivity contribution >= 4 is 33.6 Å². The van der Waals surface area contributed by atoms with Crippen LogP contribution in [0.5, 0.6) is 5.75 Å². The van der Waals surface area contributed by atoms with E-state index in [4.69, 9.17) is 9.72 Å². The van der Waals surface area contributed by atoms with Gasteiger partial charge in [0.25, 0.3) is 0 Å². The van der Waals surface area contributed by atoms with Gasteiger partial charge in [-0.25, -0.2) is 4.98 Å². The van der Waals surface area contributed by atoms with Gasteiger partial charge in [0, 0.05) is 15.7 Å². The lowest BCUT2D eigenvalue weighted by atomic mass is 10.1. The lowest BCUT2D eigenvalue weighted by Gasteiger charge is -2.09. The van der Waals surface area contributed by atoms with Gasteiger partial charge in [-0.3, -0.25) is 0 Å². The van der Waals surface area contributed by atoms with Crippen molar-refractivity contribution in [3.8, 4) is 5.75 Å². The second kappa shape index (κ2) is 4.50. The minimum absolute atomic E-state index is 0.870. The monoisotopic (exact) mass is 255 g/mol. The lowest BCUT2D eigenvalue weighted by molar-refractivity contribution is 0.415. The number of pyridine rings is 1. The first-order valence-electron chi connectivity index (χ1n) is 5.74. The standard InChI is InChI=1S/C15H13NOS/c1-17-10-7-8-14-12(9-10)15(18-2)11-5-3-4-6-13(11)16-14/h3-9H,1-2H3. The highest BCUT2D eigenvalue weighted by molar-refractivity contribution is 7.99. The zero-order valence-corrected chi connectivity index (χ0v) is 11.1. The third-order valence-electron chi connectivity index (χ3n) is 3.04. The molecule has 0 atom stereocenters. The second-order valence-electron chi connectivity index (χ2n) is 4.05. The van der Waals surface area contributed by atoms with Crippen LogP contribution in [0, 0.1) is 0 Å². The Bertz CT molecular complexity index is 724. The fourth-order valence-electron chi connectivity index (χ4n) is 2.18. The van der Waals surface area contributed by atoms with Crippen molar-refractivity contribution in [2.45, 2.75) is 4.90 Å². The van der Waals surface area contributed by atoms with E-state index < -0.39 is 0 Å². The predicted octanol–water partition coefficient (Wildman–Crippen LogP) is 4.12. The minimum Gasteiger partial charge on any atom is -0.497 e. The molecular formula is C15H13NOS. The number of ether oxygens (including phenoxy) is 1. The molecule has 0 saturated carbocycles. The molecule has 0 amide bonds. The number of hydrogen-bond acceptors (Lipinski definition) is 3. The number of benzene rings is 2. The van der Waals surface area contributed by atoms with E-state index in [1.807, 2.05) is 18.2 Å². The number of nitrogens with zero attached hydrogens (tertiary/aromatic N) is 1. The Morgan fingerprint density at radius 2 is 1.78 bits per heavy atom. The van der Waals surface area contributed by atoms with Crippen molar-refractivity contribution in [2.24, 2.45) is 0 Å². The molecule has 90 valence electrons. The summed E-state index contributed by atoms with van der Waals surface area (Å²) in [6.45, 7) is 0. The van der Waals surface area contributed by atoms with Crippen LogP contribution in [0.15, 0.2) is 47.4 Å². The zero-order chi connectivity index (χ0) is 12.5. The van der Waals surface area contributed by atoms with Gasteiger partial charge >= 0.3 is 0 Å². The molecular weight excluding hydrogens is 242 g/mol. The number of para-hydroxylation sites is 1. The van der Waals surface area contributed by atoms with Crippen molar-refractivity contribution in [3.05, 3.63) is 42.5 Å². The number of fused-ring (bicyclic) bond motifs is 2. The van der Waals surface area contributed by atoms with Crippen LogP contribution in [-0.4, -0.2) is 18.3 Å². The fraction of sp³-hybridized carbons (Fsp3) is 0.133. The summed E-state index contributed by atoms with van der Waals surface area (Å²) in [6, 6.07) is 14.3. The van der Waals surface area contributed by atoms with Gasteiger partial charge in [-0.2, -0.15) is 0 Å². The molecule has 0 fully saturated rings. The van der Waals surface area contributed by atoms with Crippen LogP contribution in [-0.2, 0) is 0 Å². The van der Waals surface area contributed by atoms with Gasteiger partial charge < -0.3 is 4.74 Å². The summed E-state index contributed by atoms with van der Waals surface area (Å²) in [4.78, 5) is 5.95. The van der Waals surface area contributed by atoms with E-state index in [-0.39, 0.29) is 0 Å². The van der Waals surface area contributed by atoms with E-state index in [1.54, 1.807) is 18.9 Å². The topological polar surface area (TPSA) is 22.1 Å². The zero-order valence-electron chi connectivity index (χ0n) is 10.3. The molecule has 0 aliphatic rings. The molecule has 3 rings (SSSR count). The Morgan fingerprint density at radius 3 is 2.56 bits per heavy atom. The van der Waals surface area contributed by atoms with Crippen LogP contribution >= 0.6 is 11.8 Å². The average Bonchev–Trinajstić information content (AvgIpc) is 2.44. The molecule has 0 unspecified atom stereocenters. The normalized spacial score (nSPS) is 11.0. The van der Waals surface area contributed by atoms with E-state index in [1.165, 1.54) is 10.3 Å². The largest absolute Gasteiger partial charge is 0.497 e. The molecule has 3 aromatic rings. The Kier molecular flexibility index (Phi) is 2.84. The van der Waals surface area contributed by atoms with Gasteiger partial charge in [0.1, 0.15) is 5.75 Å². The van der Waals surface area contributed by atoms with Crippen molar-refractivity contribution in [1.82, 2.24) is 4.98 Å². The SMILES string of the molecule is COc1ccc2nc3ccccc3c(SC)c2c1. The maximum Gasteiger partial charge on any atom is 0.119 e. The van der Waals surface area contributed by atoms with Crippen LogP contribution in [0.1, 0.15) is 0 Å². The molecule has 0 bridgehead atoms. The molecule has 2 aromatic carbocycles. The number of thioether (sulfide) groups is 1. The molecule has 3 heteroatoms. The van der Waals surface area contributed by atoms with Crippen molar-refractivity contribution in [2.75, 3.05) is 13.4 Å². The van der Waals surface area contributed by atoms with Gasteiger partial charge in [-0.1, -0.05) is 18.2 Å². The molecule has 0 aliphatic heterocycles. The molecule has 0 spiro atoms. The van der Waals surface area contributed by atoms with Gasteiger partial charge in [0.2, 0.25) is 0 Å². The summed E-state index contributed by atoms with van der Waals surface area (Å²) < 4.78 is 5.30. The molecule has 0 saturated heterocycles. The van der Waals surface area contributed by atoms with E-state index in [0.717, 1.165) is 22.2 Å². The number of methoxy groups -OCH3 is 1. The molecule has 0 radical (unpaired) electrons. The maximum atomic E-state index is 5.30. The summed E-state index contributed by atoms with van der Waals surface area (Å²) >= 11 is 1.75. The lowest BCUT2D eigenvalue weighted by Crippen LogP contribution is -1.88. The summed E-state index contributed by atoms with van der Waals surface area (Å²) in [5.74, 6) is 0.870. The molecule has 0 N–H and O–H groups in total. The predicted molar refractivity (Wildman–Crippen MR) is 77.6 cm³/mol. The van der Waals surface area contributed by atoms with Crippen molar-refractivity contribution in [3.63, 3.8) is 0 Å². The van der Waals surface area contributed by atoms with E-state index in [0.29, 0.717) is 0 Å². The summed E-state index contributed by atoms with van der Waals surface area (Å²) in [6.07, 6.45) is 2.10. The third kappa shape index (κ3) is 1.71. The highest BCUT2D eigenvalue weighted by Crippen LogP contribution is 2.34. The molecule has 0 aliphatic carbocycles. The van der Waals surface area contributed by atoms with Crippen LogP contribution in [0.4, 0.5) is 0 Å². The average molecular weight is 255 g/mol. The van der Waals surface area contributed by atoms with Gasteiger partial charge in [-0.05, 0) is 30.5 Å². The Morgan fingerprint density at radius 1 is 1.00 bits per heavy atom. The number of aromatic nitrogens is 1. The van der Waals surface area contributed by atoms with Crippen LogP contribution in [0.2, 0.25) is 0 Å². The second-order valence-corrected chi connectivity index (χ2v) is 4.86. The number of hydrogen-bond donors (Lipinski definition) is 0. The fourth-order valence-corrected chi connectivity index (χ4v) is 2.96. The molecule has 1 heterocycles. The van der Waals surface area contributed by atoms with Gasteiger partial charge in [-0.15, -0.1) is 11.8 Å². The summed E-state index contributed by atoms with van der Waals surface area (Å²) in [7, 11) is 1.69. The van der Waals surface area contributed by atoms with Gasteiger partial charge in [0.05, 0.1) is 18.1 Å². The Balaban J connectivity index is 2.46. The molecule has 2 nitrogen and oxygen atoms in total. The Labute approximate surface area is 110 Å². The summed E-state index contributed by atoms with van der Waals surface area (Å²) in [5.41, 5.74) is 2.05. The van der Waals surface area contributed by atoms with Crippen LogP contribution < -0.4 is 4.74 Å². The highest BCUT2D eigenvalue weighted by atomic mass is 32.2. The Hall–Kier alpha value is -1.74. The third-order valence-corrected chi connectivity index (χ3v) is 3.89. The van der Waals surface area contributed by atoms with Gasteiger partial charge in [0.15, 0.2) is 0 Å². The van der Waals surface area contributed by atoms with Crippen LogP contribution in [0.25, 0.3) is 21.8 Å². The van der Waals surface area contributed by atoms with E-state index in [2.05, 4.69) is 30.5 Å². The van der Waals surface area contributed by atoms with Crippen molar-refractivity contribution in [1.29, 1.82) is 0 Å². The van der Waals surface area contributed by atoms with E-state index >= 15 is 0 Å². The highest BCUT2D eigenvalue weighted by Gasteiger charge is 2.08. The van der Waals surface area contributed by atoms with Crippen molar-refractivity contribution < 1.29 is 4.74 Å². The first-order valence-corrected chi connectivity index (χ1v) is 6.96. The maximum absolute atomic E-state index is 5.30. The molecule has 18 heavy (non-hydrogen) atoms. The first-order chi connectivity index (χ1) is 8.83. The first kappa shape index (κ1) is 11.4.